The number of aryl methyl sites for hydroxylation is 1. The Hall–Kier alpha value is -3.50. The number of carbonyl (C=O) groups excluding carboxylic acids is 1. The van der Waals surface area contributed by atoms with Crippen molar-refractivity contribution in [3.05, 3.63) is 93.4 Å². The highest BCUT2D eigenvalue weighted by atomic mass is 79.9. The highest BCUT2D eigenvalue weighted by Gasteiger charge is 2.18. The van der Waals surface area contributed by atoms with Crippen molar-refractivity contribution in [2.75, 3.05) is 5.32 Å². The van der Waals surface area contributed by atoms with Crippen LogP contribution in [0.1, 0.15) is 5.82 Å². The van der Waals surface area contributed by atoms with Crippen molar-refractivity contribution >= 4 is 48.6 Å². The van der Waals surface area contributed by atoms with E-state index in [1.54, 1.807) is 55.5 Å². The second-order valence-corrected chi connectivity index (χ2v) is 9.48. The van der Waals surface area contributed by atoms with E-state index in [-0.39, 0.29) is 10.5 Å². The number of sulfonamides is 1. The van der Waals surface area contributed by atoms with Gasteiger partial charge < -0.3 is 5.32 Å². The Labute approximate surface area is 192 Å². The van der Waals surface area contributed by atoms with Crippen LogP contribution in [0.15, 0.2) is 87.0 Å². The van der Waals surface area contributed by atoms with E-state index < -0.39 is 16.1 Å². The van der Waals surface area contributed by atoms with Crippen LogP contribution in [0.3, 0.4) is 0 Å². The molecule has 1 heterocycles. The molecule has 0 saturated heterocycles. The molecule has 0 aliphatic carbocycles. The first-order chi connectivity index (χ1) is 15.2. The number of urea groups is 1. The molecular weight excluding hydrogens is 496 g/mol. The first kappa shape index (κ1) is 21.7. The Kier molecular flexibility index (Phi) is 5.81. The van der Waals surface area contributed by atoms with Gasteiger partial charge in [0, 0.05) is 10.2 Å². The van der Waals surface area contributed by atoms with Gasteiger partial charge in [-0.15, -0.1) is 0 Å². The second-order valence-electron chi connectivity index (χ2n) is 6.88. The average Bonchev–Trinajstić information content (AvgIpc) is 2.75. The zero-order valence-corrected chi connectivity index (χ0v) is 19.1. The average molecular weight is 513 g/mol. The minimum Gasteiger partial charge on any atom is -0.307 e. The highest BCUT2D eigenvalue weighted by molar-refractivity contribution is 9.10. The number of hydrogen-bond donors (Lipinski definition) is 2. The van der Waals surface area contributed by atoms with Crippen molar-refractivity contribution in [1.82, 2.24) is 14.3 Å². The molecule has 4 rings (SSSR count). The molecule has 0 bridgehead atoms. The van der Waals surface area contributed by atoms with Gasteiger partial charge in [-0.25, -0.2) is 22.9 Å². The first-order valence-corrected chi connectivity index (χ1v) is 11.7. The summed E-state index contributed by atoms with van der Waals surface area (Å²) in [6.45, 7) is 1.70. The quantitative estimate of drug-likeness (QED) is 0.429. The van der Waals surface area contributed by atoms with Gasteiger partial charge in [-0.3, -0.25) is 9.36 Å². The summed E-state index contributed by atoms with van der Waals surface area (Å²) in [5, 5.41) is 2.89. The van der Waals surface area contributed by atoms with Crippen LogP contribution in [0.5, 0.6) is 0 Å². The molecule has 3 aromatic carbocycles. The monoisotopic (exact) mass is 512 g/mol. The van der Waals surface area contributed by atoms with E-state index in [0.717, 1.165) is 4.47 Å². The lowest BCUT2D eigenvalue weighted by Gasteiger charge is -2.12. The third kappa shape index (κ3) is 4.41. The van der Waals surface area contributed by atoms with Crippen LogP contribution in [0.25, 0.3) is 16.6 Å². The van der Waals surface area contributed by atoms with Gasteiger partial charge in [0.15, 0.2) is 0 Å². The molecule has 0 fully saturated rings. The van der Waals surface area contributed by atoms with Gasteiger partial charge in [0.1, 0.15) is 5.82 Å². The highest BCUT2D eigenvalue weighted by Crippen LogP contribution is 2.19. The number of para-hydroxylation sites is 1. The van der Waals surface area contributed by atoms with E-state index in [1.165, 1.54) is 28.8 Å². The fraction of sp³-hybridized carbons (Fsp3) is 0.0455. The van der Waals surface area contributed by atoms with E-state index in [9.17, 15) is 18.0 Å². The molecule has 0 saturated carbocycles. The molecule has 0 unspecified atom stereocenters. The van der Waals surface area contributed by atoms with Crippen LogP contribution in [0.2, 0.25) is 0 Å². The molecule has 2 amide bonds. The molecule has 0 radical (unpaired) electrons. The molecule has 162 valence electrons. The van der Waals surface area contributed by atoms with Crippen molar-refractivity contribution in [2.45, 2.75) is 11.8 Å². The molecule has 32 heavy (non-hydrogen) atoms. The van der Waals surface area contributed by atoms with Crippen molar-refractivity contribution in [2.24, 2.45) is 0 Å². The summed E-state index contributed by atoms with van der Waals surface area (Å²) in [4.78, 5) is 29.4. The van der Waals surface area contributed by atoms with Gasteiger partial charge in [-0.05, 0) is 61.5 Å². The maximum Gasteiger partial charge on any atom is 0.333 e. The predicted molar refractivity (Wildman–Crippen MR) is 126 cm³/mol. The van der Waals surface area contributed by atoms with Crippen LogP contribution >= 0.6 is 15.9 Å². The number of carbonyl (C=O) groups is 1. The Morgan fingerprint density at radius 1 is 1.00 bits per heavy atom. The molecule has 8 nitrogen and oxygen atoms in total. The Balaban J connectivity index is 1.62. The fourth-order valence-electron chi connectivity index (χ4n) is 3.21. The zero-order valence-electron chi connectivity index (χ0n) is 16.7. The largest absolute Gasteiger partial charge is 0.333 e. The molecule has 10 heteroatoms. The molecule has 2 N–H and O–H groups in total. The SMILES string of the molecule is Cc1nc2ccc(Br)cc2c(=O)n1-c1ccc(S(=O)(=O)NC(=O)Nc2ccccc2)cc1. The normalized spacial score (nSPS) is 11.3. The summed E-state index contributed by atoms with van der Waals surface area (Å²) in [5.74, 6) is 0.459. The number of benzene rings is 3. The van der Waals surface area contributed by atoms with Crippen LogP contribution in [0.4, 0.5) is 10.5 Å². The van der Waals surface area contributed by atoms with Gasteiger partial charge in [0.25, 0.3) is 15.6 Å². The predicted octanol–water partition coefficient (Wildman–Crippen LogP) is 3.97. The lowest BCUT2D eigenvalue weighted by Crippen LogP contribution is -2.34. The van der Waals surface area contributed by atoms with Gasteiger partial charge in [-0.1, -0.05) is 34.1 Å². The first-order valence-electron chi connectivity index (χ1n) is 9.43. The van der Waals surface area contributed by atoms with Crippen molar-refractivity contribution < 1.29 is 13.2 Å². The van der Waals surface area contributed by atoms with E-state index >= 15 is 0 Å². The number of hydrogen-bond acceptors (Lipinski definition) is 5. The summed E-state index contributed by atoms with van der Waals surface area (Å²) in [6, 6.07) is 18.5. The standard InChI is InChI=1S/C22H17BrN4O4S/c1-14-24-20-12-7-15(23)13-19(20)21(28)27(14)17-8-10-18(11-9-17)32(30,31)26-22(29)25-16-5-3-2-4-6-16/h2-13H,1H3,(H2,25,26,29). The fourth-order valence-corrected chi connectivity index (χ4v) is 4.47. The van der Waals surface area contributed by atoms with E-state index in [0.29, 0.717) is 28.1 Å². The number of fused-ring (bicyclic) bond motifs is 1. The van der Waals surface area contributed by atoms with E-state index in [4.69, 9.17) is 0 Å². The van der Waals surface area contributed by atoms with E-state index in [1.807, 2.05) is 4.72 Å². The van der Waals surface area contributed by atoms with Crippen LogP contribution in [-0.2, 0) is 10.0 Å². The van der Waals surface area contributed by atoms with Gasteiger partial charge >= 0.3 is 6.03 Å². The third-order valence-corrected chi connectivity index (χ3v) is 6.50. The summed E-state index contributed by atoms with van der Waals surface area (Å²) >= 11 is 3.36. The van der Waals surface area contributed by atoms with Crippen LogP contribution < -0.4 is 15.6 Å². The number of anilines is 1. The smallest absolute Gasteiger partial charge is 0.307 e. The summed E-state index contributed by atoms with van der Waals surface area (Å²) in [7, 11) is -4.11. The lowest BCUT2D eigenvalue weighted by atomic mass is 10.2. The summed E-state index contributed by atoms with van der Waals surface area (Å²) in [6.07, 6.45) is 0. The summed E-state index contributed by atoms with van der Waals surface area (Å²) in [5.41, 5.74) is 1.21. The minimum atomic E-state index is -4.11. The molecule has 1 aromatic heterocycles. The summed E-state index contributed by atoms with van der Waals surface area (Å²) < 4.78 is 29.3. The molecule has 4 aromatic rings. The van der Waals surface area contributed by atoms with Crippen molar-refractivity contribution in [3.63, 3.8) is 0 Å². The van der Waals surface area contributed by atoms with Gasteiger partial charge in [0.05, 0.1) is 21.5 Å². The molecule has 0 aliphatic heterocycles. The maximum absolute atomic E-state index is 13.0. The number of amides is 2. The Morgan fingerprint density at radius 2 is 1.69 bits per heavy atom. The number of aromatic nitrogens is 2. The number of nitrogens with zero attached hydrogens (tertiary/aromatic N) is 2. The Morgan fingerprint density at radius 3 is 2.38 bits per heavy atom. The molecule has 0 aliphatic rings. The zero-order chi connectivity index (χ0) is 22.9. The number of nitrogens with one attached hydrogen (secondary N) is 2. The topological polar surface area (TPSA) is 110 Å². The maximum atomic E-state index is 13.0. The van der Waals surface area contributed by atoms with Crippen LogP contribution in [-0.4, -0.2) is 24.0 Å². The van der Waals surface area contributed by atoms with Crippen molar-refractivity contribution in [1.29, 1.82) is 0 Å². The lowest BCUT2D eigenvalue weighted by molar-refractivity contribution is 0.256. The number of rotatable bonds is 4. The molecule has 0 atom stereocenters. The molecule has 0 spiro atoms. The minimum absolute atomic E-state index is 0.119. The van der Waals surface area contributed by atoms with Crippen molar-refractivity contribution in [3.8, 4) is 5.69 Å². The van der Waals surface area contributed by atoms with E-state index in [2.05, 4.69) is 26.2 Å². The van der Waals surface area contributed by atoms with Crippen LogP contribution in [0, 0.1) is 6.92 Å². The third-order valence-electron chi connectivity index (χ3n) is 4.66. The van der Waals surface area contributed by atoms with Gasteiger partial charge in [0.2, 0.25) is 0 Å². The molecular formula is C22H17BrN4O4S. The second kappa shape index (κ2) is 8.56. The number of halogens is 1. The Bertz CT molecular complexity index is 1480. The van der Waals surface area contributed by atoms with Gasteiger partial charge in [-0.2, -0.15) is 0 Å².